The fourth-order valence-electron chi connectivity index (χ4n) is 7.17. The number of carbonyl (C=O) groups is 1. The molecule has 1 unspecified atom stereocenters. The number of rotatable bonds is 5. The first-order valence-electron chi connectivity index (χ1n) is 11.4. The van der Waals surface area contributed by atoms with Crippen molar-refractivity contribution < 1.29 is 4.79 Å². The molecule has 0 saturated heterocycles. The van der Waals surface area contributed by atoms with Gasteiger partial charge in [-0.1, -0.05) is 60.7 Å². The molecule has 29 heavy (non-hydrogen) atoms. The molecule has 2 heteroatoms. The second-order valence-electron chi connectivity index (χ2n) is 10.3. The molecule has 4 fully saturated rings. The van der Waals surface area contributed by atoms with Crippen LogP contribution in [0.1, 0.15) is 63.5 Å². The van der Waals surface area contributed by atoms with Crippen LogP contribution in [0.15, 0.2) is 60.7 Å². The Bertz CT molecular complexity index is 797. The summed E-state index contributed by atoms with van der Waals surface area (Å²) in [6, 6.07) is 20.7. The van der Waals surface area contributed by atoms with E-state index in [0.29, 0.717) is 5.41 Å². The first kappa shape index (κ1) is 18.9. The zero-order valence-electron chi connectivity index (χ0n) is 17.7. The Morgan fingerprint density at radius 1 is 0.862 bits per heavy atom. The largest absolute Gasteiger partial charge is 0.352 e. The van der Waals surface area contributed by atoms with Crippen molar-refractivity contribution in [2.24, 2.45) is 23.2 Å². The summed E-state index contributed by atoms with van der Waals surface area (Å²) in [6.07, 6.45) is 8.25. The molecular formula is C27H33NO. The molecule has 1 atom stereocenters. The summed E-state index contributed by atoms with van der Waals surface area (Å²) in [5.41, 5.74) is 1.75. The van der Waals surface area contributed by atoms with E-state index in [-0.39, 0.29) is 11.9 Å². The monoisotopic (exact) mass is 387 g/mol. The summed E-state index contributed by atoms with van der Waals surface area (Å²) in [5, 5.41) is 3.54. The van der Waals surface area contributed by atoms with Crippen molar-refractivity contribution in [2.75, 3.05) is 0 Å². The van der Waals surface area contributed by atoms with Gasteiger partial charge in [0.15, 0.2) is 0 Å². The third kappa shape index (κ3) is 3.12. The van der Waals surface area contributed by atoms with Gasteiger partial charge in [-0.25, -0.2) is 0 Å². The molecule has 1 amide bonds. The van der Waals surface area contributed by atoms with Gasteiger partial charge >= 0.3 is 0 Å². The van der Waals surface area contributed by atoms with Gasteiger partial charge < -0.3 is 5.32 Å². The van der Waals surface area contributed by atoms with E-state index in [4.69, 9.17) is 0 Å². The minimum absolute atomic E-state index is 0.137. The maximum Gasteiger partial charge on any atom is 0.235 e. The van der Waals surface area contributed by atoms with E-state index in [1.807, 2.05) is 36.4 Å². The third-order valence-corrected chi connectivity index (χ3v) is 8.51. The number of amides is 1. The molecular weight excluding hydrogens is 354 g/mol. The van der Waals surface area contributed by atoms with Gasteiger partial charge in [-0.2, -0.15) is 0 Å². The third-order valence-electron chi connectivity index (χ3n) is 8.51. The number of hydrogen-bond acceptors (Lipinski definition) is 1. The van der Waals surface area contributed by atoms with Crippen LogP contribution in [0.3, 0.4) is 0 Å². The van der Waals surface area contributed by atoms with E-state index >= 15 is 0 Å². The lowest BCUT2D eigenvalue weighted by atomic mass is 9.48. The summed E-state index contributed by atoms with van der Waals surface area (Å²) in [5.74, 6) is 2.83. The maximum absolute atomic E-state index is 13.9. The maximum atomic E-state index is 13.9. The highest BCUT2D eigenvalue weighted by molar-refractivity contribution is 5.91. The van der Waals surface area contributed by atoms with E-state index in [1.54, 1.807) is 0 Å². The zero-order chi connectivity index (χ0) is 20.1. The Hall–Kier alpha value is -2.09. The Labute approximate surface area is 175 Å². The number of nitrogens with one attached hydrogen (secondary N) is 1. The molecule has 0 aromatic heterocycles. The molecule has 0 aliphatic heterocycles. The fraction of sp³-hybridized carbons (Fsp3) is 0.519. The van der Waals surface area contributed by atoms with Gasteiger partial charge in [0, 0.05) is 6.04 Å². The quantitative estimate of drug-likeness (QED) is 0.699. The zero-order valence-corrected chi connectivity index (χ0v) is 17.7. The van der Waals surface area contributed by atoms with Crippen LogP contribution in [0.25, 0.3) is 0 Å². The molecule has 0 spiro atoms. The molecule has 1 N–H and O–H groups in total. The lowest BCUT2D eigenvalue weighted by Gasteiger charge is -2.59. The highest BCUT2D eigenvalue weighted by atomic mass is 16.2. The second-order valence-corrected chi connectivity index (χ2v) is 10.3. The molecule has 6 rings (SSSR count). The van der Waals surface area contributed by atoms with Crippen molar-refractivity contribution in [3.05, 3.63) is 71.8 Å². The van der Waals surface area contributed by atoms with Crippen LogP contribution in [0.4, 0.5) is 0 Å². The smallest absolute Gasteiger partial charge is 0.235 e. The number of carbonyl (C=O) groups excluding carboxylic acids is 1. The molecule has 152 valence electrons. The second kappa shape index (κ2) is 7.00. The van der Waals surface area contributed by atoms with Crippen LogP contribution in [-0.4, -0.2) is 11.9 Å². The van der Waals surface area contributed by atoms with Crippen molar-refractivity contribution in [1.29, 1.82) is 0 Å². The molecule has 4 saturated carbocycles. The van der Waals surface area contributed by atoms with Gasteiger partial charge in [0.05, 0.1) is 5.41 Å². The van der Waals surface area contributed by atoms with Gasteiger partial charge in [0.25, 0.3) is 0 Å². The van der Waals surface area contributed by atoms with Gasteiger partial charge in [-0.3, -0.25) is 4.79 Å². The van der Waals surface area contributed by atoms with E-state index in [0.717, 1.165) is 28.9 Å². The first-order valence-corrected chi connectivity index (χ1v) is 11.4. The predicted octanol–water partition coefficient (Wildman–Crippen LogP) is 5.71. The average molecular weight is 388 g/mol. The Balaban J connectivity index is 1.44. The molecule has 4 aliphatic carbocycles. The molecule has 2 aromatic carbocycles. The predicted molar refractivity (Wildman–Crippen MR) is 118 cm³/mol. The highest BCUT2D eigenvalue weighted by Gasteiger charge is 2.54. The molecule has 2 aromatic rings. The normalized spacial score (nSPS) is 31.4. The van der Waals surface area contributed by atoms with E-state index in [1.165, 1.54) is 38.5 Å². The summed E-state index contributed by atoms with van der Waals surface area (Å²) >= 11 is 0. The number of hydrogen-bond donors (Lipinski definition) is 1. The fourth-order valence-corrected chi connectivity index (χ4v) is 7.17. The summed E-state index contributed by atoms with van der Waals surface area (Å²) in [7, 11) is 0. The summed E-state index contributed by atoms with van der Waals surface area (Å²) in [4.78, 5) is 13.9. The van der Waals surface area contributed by atoms with Crippen LogP contribution >= 0.6 is 0 Å². The minimum atomic E-state index is -0.681. The van der Waals surface area contributed by atoms with Crippen LogP contribution in [0.2, 0.25) is 0 Å². The number of benzene rings is 2. The van der Waals surface area contributed by atoms with Gasteiger partial charge in [0.1, 0.15) is 0 Å². The van der Waals surface area contributed by atoms with Gasteiger partial charge in [-0.05, 0) is 86.7 Å². The Kier molecular flexibility index (Phi) is 4.57. The standard InChI is InChI=1S/C27H33NO/c1-19(27-16-20-13-21(17-27)15-22(14-20)18-27)28-25(29)26(2,23-9-5-3-6-10-23)24-11-7-4-8-12-24/h3-12,19-22H,13-18H2,1-2H3,(H,28,29). The Morgan fingerprint density at radius 2 is 1.28 bits per heavy atom. The molecule has 2 nitrogen and oxygen atoms in total. The molecule has 4 bridgehead atoms. The lowest BCUT2D eigenvalue weighted by Crippen LogP contribution is -2.58. The minimum Gasteiger partial charge on any atom is -0.352 e. The van der Waals surface area contributed by atoms with Crippen molar-refractivity contribution in [3.63, 3.8) is 0 Å². The average Bonchev–Trinajstić information content (AvgIpc) is 2.73. The van der Waals surface area contributed by atoms with Gasteiger partial charge in [0.2, 0.25) is 5.91 Å². The van der Waals surface area contributed by atoms with Gasteiger partial charge in [-0.15, -0.1) is 0 Å². The van der Waals surface area contributed by atoms with Crippen molar-refractivity contribution in [3.8, 4) is 0 Å². The highest BCUT2D eigenvalue weighted by Crippen LogP contribution is 2.61. The van der Waals surface area contributed by atoms with Crippen LogP contribution in [0, 0.1) is 23.2 Å². The van der Waals surface area contributed by atoms with E-state index in [2.05, 4.69) is 43.4 Å². The van der Waals surface area contributed by atoms with Crippen molar-refractivity contribution >= 4 is 5.91 Å². The SMILES string of the molecule is CC(NC(=O)C(C)(c1ccccc1)c1ccccc1)C12CC3CC(CC(C3)C1)C2. The molecule has 4 aliphatic rings. The Morgan fingerprint density at radius 3 is 1.69 bits per heavy atom. The van der Waals surface area contributed by atoms with Crippen LogP contribution in [-0.2, 0) is 10.2 Å². The van der Waals surface area contributed by atoms with Crippen molar-refractivity contribution in [1.82, 2.24) is 5.32 Å². The van der Waals surface area contributed by atoms with E-state index < -0.39 is 5.41 Å². The molecule has 0 radical (unpaired) electrons. The van der Waals surface area contributed by atoms with Crippen molar-refractivity contribution in [2.45, 2.75) is 63.8 Å². The van der Waals surface area contributed by atoms with Crippen LogP contribution in [0.5, 0.6) is 0 Å². The summed E-state index contributed by atoms with van der Waals surface area (Å²) in [6.45, 7) is 4.36. The van der Waals surface area contributed by atoms with E-state index in [9.17, 15) is 4.79 Å². The van der Waals surface area contributed by atoms with Crippen LogP contribution < -0.4 is 5.32 Å². The molecule has 0 heterocycles. The topological polar surface area (TPSA) is 29.1 Å². The first-order chi connectivity index (χ1) is 14.0. The lowest BCUT2D eigenvalue weighted by molar-refractivity contribution is -0.129. The summed E-state index contributed by atoms with van der Waals surface area (Å²) < 4.78 is 0.